The lowest BCUT2D eigenvalue weighted by Gasteiger charge is -2.12. The number of methoxy groups -OCH3 is 2. The van der Waals surface area contributed by atoms with E-state index in [2.05, 4.69) is 10.1 Å². The normalized spacial score (nSPS) is 9.78. The SMILES string of the molecule is COC(=O)c1cc(Cl)c(NCC(C)=O)cc1OC. The summed E-state index contributed by atoms with van der Waals surface area (Å²) in [6.45, 7) is 1.61. The second-order valence-corrected chi connectivity index (χ2v) is 3.99. The molecule has 0 aliphatic heterocycles. The Hall–Kier alpha value is -1.75. The number of esters is 1. The number of hydrogen-bond acceptors (Lipinski definition) is 5. The molecule has 0 bridgehead atoms. The van der Waals surface area contributed by atoms with Gasteiger partial charge >= 0.3 is 5.97 Å². The Balaban J connectivity index is 3.09. The number of anilines is 1. The van der Waals surface area contributed by atoms with Crippen LogP contribution in [-0.4, -0.2) is 32.5 Å². The first kappa shape index (κ1) is 14.3. The van der Waals surface area contributed by atoms with Gasteiger partial charge in [0.1, 0.15) is 17.1 Å². The maximum absolute atomic E-state index is 11.5. The van der Waals surface area contributed by atoms with Crippen LogP contribution < -0.4 is 10.1 Å². The minimum absolute atomic E-state index is 0.0259. The fraction of sp³-hybridized carbons (Fsp3) is 0.333. The van der Waals surface area contributed by atoms with Crippen molar-refractivity contribution >= 4 is 29.0 Å². The van der Waals surface area contributed by atoms with Gasteiger partial charge < -0.3 is 14.8 Å². The average molecular weight is 272 g/mol. The van der Waals surface area contributed by atoms with E-state index in [1.165, 1.54) is 27.2 Å². The van der Waals surface area contributed by atoms with E-state index in [9.17, 15) is 9.59 Å². The van der Waals surface area contributed by atoms with E-state index in [1.807, 2.05) is 0 Å². The number of benzene rings is 1. The molecule has 0 radical (unpaired) electrons. The van der Waals surface area contributed by atoms with Crippen LogP contribution >= 0.6 is 11.6 Å². The number of carbonyl (C=O) groups is 2. The van der Waals surface area contributed by atoms with Gasteiger partial charge in [0.05, 0.1) is 31.5 Å². The molecule has 1 aromatic carbocycles. The summed E-state index contributed by atoms with van der Waals surface area (Å²) in [7, 11) is 2.71. The van der Waals surface area contributed by atoms with Crippen molar-refractivity contribution in [2.75, 3.05) is 26.1 Å². The van der Waals surface area contributed by atoms with Crippen molar-refractivity contribution in [3.63, 3.8) is 0 Å². The van der Waals surface area contributed by atoms with Crippen LogP contribution in [0.25, 0.3) is 0 Å². The van der Waals surface area contributed by atoms with Crippen molar-refractivity contribution < 1.29 is 19.1 Å². The molecule has 98 valence electrons. The second-order valence-electron chi connectivity index (χ2n) is 3.58. The topological polar surface area (TPSA) is 64.6 Å². The molecule has 0 aliphatic carbocycles. The van der Waals surface area contributed by atoms with Crippen molar-refractivity contribution in [2.45, 2.75) is 6.92 Å². The minimum Gasteiger partial charge on any atom is -0.496 e. The third-order valence-corrected chi connectivity index (χ3v) is 2.53. The van der Waals surface area contributed by atoms with E-state index in [0.717, 1.165) is 0 Å². The van der Waals surface area contributed by atoms with E-state index < -0.39 is 5.97 Å². The summed E-state index contributed by atoms with van der Waals surface area (Å²) in [4.78, 5) is 22.4. The molecule has 0 fully saturated rings. The zero-order valence-corrected chi connectivity index (χ0v) is 11.1. The van der Waals surface area contributed by atoms with Gasteiger partial charge in [-0.2, -0.15) is 0 Å². The molecular weight excluding hydrogens is 258 g/mol. The maximum atomic E-state index is 11.5. The van der Waals surface area contributed by atoms with E-state index in [1.54, 1.807) is 6.07 Å². The highest BCUT2D eigenvalue weighted by Gasteiger charge is 2.16. The first-order chi connectivity index (χ1) is 8.49. The Kier molecular flexibility index (Phi) is 4.97. The van der Waals surface area contributed by atoms with Crippen molar-refractivity contribution in [3.8, 4) is 5.75 Å². The van der Waals surface area contributed by atoms with Gasteiger partial charge in [-0.15, -0.1) is 0 Å². The van der Waals surface area contributed by atoms with Gasteiger partial charge in [0.15, 0.2) is 0 Å². The maximum Gasteiger partial charge on any atom is 0.341 e. The van der Waals surface area contributed by atoms with Crippen LogP contribution in [-0.2, 0) is 9.53 Å². The number of rotatable bonds is 5. The molecule has 0 spiro atoms. The Labute approximate surface area is 110 Å². The molecule has 0 saturated carbocycles. The van der Waals surface area contributed by atoms with Crippen LogP contribution in [0, 0.1) is 0 Å². The molecule has 0 unspecified atom stereocenters. The molecule has 1 N–H and O–H groups in total. The Bertz CT molecular complexity index is 473. The van der Waals surface area contributed by atoms with Crippen molar-refractivity contribution in [1.29, 1.82) is 0 Å². The van der Waals surface area contributed by atoms with Crippen molar-refractivity contribution in [3.05, 3.63) is 22.7 Å². The van der Waals surface area contributed by atoms with Crippen LogP contribution in [0.15, 0.2) is 12.1 Å². The molecule has 0 aromatic heterocycles. The highest BCUT2D eigenvalue weighted by Crippen LogP contribution is 2.31. The number of hydrogen-bond donors (Lipinski definition) is 1. The molecule has 0 aliphatic rings. The zero-order valence-electron chi connectivity index (χ0n) is 10.4. The van der Waals surface area contributed by atoms with E-state index in [-0.39, 0.29) is 17.9 Å². The number of Topliss-reactive ketones (excluding diaryl/α,β-unsaturated/α-hetero) is 1. The molecule has 1 aromatic rings. The minimum atomic E-state index is -0.535. The summed E-state index contributed by atoms with van der Waals surface area (Å²) in [5, 5.41) is 3.17. The van der Waals surface area contributed by atoms with Gasteiger partial charge in [-0.3, -0.25) is 4.79 Å². The summed E-state index contributed by atoms with van der Waals surface area (Å²) in [6.07, 6.45) is 0. The first-order valence-corrected chi connectivity index (χ1v) is 5.56. The van der Waals surface area contributed by atoms with Gasteiger partial charge in [0.25, 0.3) is 0 Å². The predicted octanol–water partition coefficient (Wildman–Crippen LogP) is 2.14. The van der Waals surface area contributed by atoms with Crippen molar-refractivity contribution in [2.24, 2.45) is 0 Å². The molecule has 0 saturated heterocycles. The Morgan fingerprint density at radius 1 is 1.33 bits per heavy atom. The van der Waals surface area contributed by atoms with E-state index in [0.29, 0.717) is 16.5 Å². The van der Waals surface area contributed by atoms with Gasteiger partial charge in [-0.25, -0.2) is 4.79 Å². The summed E-state index contributed by atoms with van der Waals surface area (Å²) < 4.78 is 9.71. The lowest BCUT2D eigenvalue weighted by Crippen LogP contribution is -2.11. The van der Waals surface area contributed by atoms with Crippen LogP contribution in [0.5, 0.6) is 5.75 Å². The fourth-order valence-corrected chi connectivity index (χ4v) is 1.58. The monoisotopic (exact) mass is 271 g/mol. The lowest BCUT2D eigenvalue weighted by molar-refractivity contribution is -0.115. The molecular formula is C12H14ClNO4. The predicted molar refractivity (Wildman–Crippen MR) is 68.5 cm³/mol. The summed E-state index contributed by atoms with van der Waals surface area (Å²) in [5.74, 6) is -0.230. The third-order valence-electron chi connectivity index (χ3n) is 2.22. The molecule has 18 heavy (non-hydrogen) atoms. The van der Waals surface area contributed by atoms with Gasteiger partial charge in [-0.1, -0.05) is 11.6 Å². The van der Waals surface area contributed by atoms with Crippen molar-refractivity contribution in [1.82, 2.24) is 0 Å². The Morgan fingerprint density at radius 3 is 2.50 bits per heavy atom. The molecule has 6 heteroatoms. The Morgan fingerprint density at radius 2 is 2.00 bits per heavy atom. The number of nitrogens with one attached hydrogen (secondary N) is 1. The summed E-state index contributed by atoms with van der Waals surface area (Å²) >= 11 is 6.01. The van der Waals surface area contributed by atoms with Crippen LogP contribution in [0.1, 0.15) is 17.3 Å². The molecule has 0 atom stereocenters. The van der Waals surface area contributed by atoms with Gasteiger partial charge in [0.2, 0.25) is 0 Å². The number of halogens is 1. The van der Waals surface area contributed by atoms with Crippen LogP contribution in [0.4, 0.5) is 5.69 Å². The second kappa shape index (κ2) is 6.26. The average Bonchev–Trinajstić information content (AvgIpc) is 2.35. The smallest absolute Gasteiger partial charge is 0.341 e. The quantitative estimate of drug-likeness (QED) is 0.831. The molecule has 0 heterocycles. The highest BCUT2D eigenvalue weighted by atomic mass is 35.5. The molecule has 1 rings (SSSR count). The summed E-state index contributed by atoms with van der Waals surface area (Å²) in [5.41, 5.74) is 0.759. The zero-order chi connectivity index (χ0) is 13.7. The largest absolute Gasteiger partial charge is 0.496 e. The third kappa shape index (κ3) is 3.37. The first-order valence-electron chi connectivity index (χ1n) is 5.18. The van der Waals surface area contributed by atoms with Crippen LogP contribution in [0.2, 0.25) is 5.02 Å². The summed E-state index contributed by atoms with van der Waals surface area (Å²) in [6, 6.07) is 2.99. The molecule has 0 amide bonds. The van der Waals surface area contributed by atoms with Gasteiger partial charge in [-0.05, 0) is 13.0 Å². The van der Waals surface area contributed by atoms with Crippen LogP contribution in [0.3, 0.4) is 0 Å². The van der Waals surface area contributed by atoms with Gasteiger partial charge in [0, 0.05) is 6.07 Å². The van der Waals surface area contributed by atoms with E-state index in [4.69, 9.17) is 16.3 Å². The van der Waals surface area contributed by atoms with E-state index >= 15 is 0 Å². The number of ether oxygens (including phenoxy) is 2. The standard InChI is InChI=1S/C12H14ClNO4/c1-7(15)6-14-10-5-11(17-2)8(4-9(10)13)12(16)18-3/h4-5,14H,6H2,1-3H3. The lowest BCUT2D eigenvalue weighted by atomic mass is 10.1. The molecule has 5 nitrogen and oxygen atoms in total. The number of carbonyl (C=O) groups excluding carboxylic acids is 2. The highest BCUT2D eigenvalue weighted by molar-refractivity contribution is 6.33. The number of ketones is 1. The fourth-order valence-electron chi connectivity index (χ4n) is 1.35.